The summed E-state index contributed by atoms with van der Waals surface area (Å²) in [6, 6.07) is 15.9. The average Bonchev–Trinajstić information content (AvgIpc) is 2.72. The summed E-state index contributed by atoms with van der Waals surface area (Å²) in [6.07, 6.45) is 0. The highest BCUT2D eigenvalue weighted by molar-refractivity contribution is 5.55. The lowest BCUT2D eigenvalue weighted by Crippen LogP contribution is -2.12. The number of benzene rings is 3. The van der Waals surface area contributed by atoms with Gasteiger partial charge in [-0.15, -0.1) is 0 Å². The van der Waals surface area contributed by atoms with Crippen LogP contribution >= 0.6 is 0 Å². The number of fused-ring (bicyclic) bond motifs is 3. The zero-order chi connectivity index (χ0) is 19.7. The Bertz CT molecular complexity index is 1030. The highest BCUT2D eigenvalue weighted by Gasteiger charge is 2.17. The smallest absolute Gasteiger partial charge is 0.135 e. The van der Waals surface area contributed by atoms with E-state index in [4.69, 9.17) is 9.47 Å². The van der Waals surface area contributed by atoms with E-state index < -0.39 is 0 Å². The average molecular weight is 368 g/mol. The van der Waals surface area contributed by atoms with Crippen molar-refractivity contribution in [1.82, 2.24) is 0 Å². The van der Waals surface area contributed by atoms with Crippen LogP contribution < -0.4 is 9.47 Å². The normalized spacial score (nSPS) is 12.6. The molecule has 2 nitrogen and oxygen atoms in total. The summed E-state index contributed by atoms with van der Waals surface area (Å²) < 4.78 is 12.5. The van der Waals surface area contributed by atoms with Gasteiger partial charge in [0, 0.05) is 0 Å². The predicted octanol–water partition coefficient (Wildman–Crippen LogP) is 5.79. The summed E-state index contributed by atoms with van der Waals surface area (Å²) in [5, 5.41) is 0. The molecule has 1 aliphatic heterocycles. The van der Waals surface area contributed by atoms with E-state index in [1.165, 1.54) is 33.4 Å². The van der Waals surface area contributed by atoms with Crippen molar-refractivity contribution in [3.05, 3.63) is 93.0 Å². The van der Waals surface area contributed by atoms with E-state index in [1.54, 1.807) is 0 Å². The molecule has 1 aliphatic rings. The molecule has 0 bridgehead atoms. The fraction of sp³-hybridized carbons (Fsp3) is 0.231. The number of ether oxygens (including phenoxy) is 2. The second kappa shape index (κ2) is 7.44. The van der Waals surface area contributed by atoms with Crippen molar-refractivity contribution in [2.75, 3.05) is 0 Å². The molecule has 0 N–H and O–H groups in total. The molecule has 3 aromatic rings. The van der Waals surface area contributed by atoms with Crippen molar-refractivity contribution >= 4 is 0 Å². The van der Waals surface area contributed by atoms with Gasteiger partial charge in [-0.05, 0) is 85.3 Å². The third kappa shape index (κ3) is 3.25. The Kier molecular flexibility index (Phi) is 4.84. The van der Waals surface area contributed by atoms with Gasteiger partial charge in [-0.25, -0.2) is 0 Å². The SMILES string of the molecule is Cc1c(C)c(C)c2c(c1C)COc1ccccc1C#Cc1ccccc1OC2. The predicted molar refractivity (Wildman–Crippen MR) is 113 cm³/mol. The van der Waals surface area contributed by atoms with Crippen molar-refractivity contribution in [2.45, 2.75) is 40.9 Å². The van der Waals surface area contributed by atoms with Crippen LogP contribution in [0.15, 0.2) is 48.5 Å². The second-order valence-corrected chi connectivity index (χ2v) is 7.28. The van der Waals surface area contributed by atoms with Crippen LogP contribution in [0.2, 0.25) is 0 Å². The zero-order valence-corrected chi connectivity index (χ0v) is 16.8. The lowest BCUT2D eigenvalue weighted by molar-refractivity contribution is 0.283. The summed E-state index contributed by atoms with van der Waals surface area (Å²) in [5.41, 5.74) is 9.38. The van der Waals surface area contributed by atoms with Crippen LogP contribution in [-0.4, -0.2) is 0 Å². The highest BCUT2D eigenvalue weighted by Crippen LogP contribution is 2.30. The molecule has 1 heterocycles. The summed E-state index contributed by atoms with van der Waals surface area (Å²) in [5.74, 6) is 8.14. The van der Waals surface area contributed by atoms with Gasteiger partial charge in [0.2, 0.25) is 0 Å². The van der Waals surface area contributed by atoms with Gasteiger partial charge >= 0.3 is 0 Å². The molecule has 0 amide bonds. The minimum atomic E-state index is 0.507. The summed E-state index contributed by atoms with van der Waals surface area (Å²) in [7, 11) is 0. The molecule has 0 unspecified atom stereocenters. The maximum Gasteiger partial charge on any atom is 0.135 e. The molecular formula is C26H24O2. The van der Waals surface area contributed by atoms with E-state index in [1.807, 2.05) is 48.5 Å². The van der Waals surface area contributed by atoms with Crippen molar-refractivity contribution in [3.63, 3.8) is 0 Å². The van der Waals surface area contributed by atoms with E-state index in [0.717, 1.165) is 22.6 Å². The maximum absolute atomic E-state index is 6.25. The third-order valence-corrected chi connectivity index (χ3v) is 5.81. The van der Waals surface area contributed by atoms with Crippen LogP contribution in [0.1, 0.15) is 44.5 Å². The first-order valence-electron chi connectivity index (χ1n) is 9.60. The molecule has 0 radical (unpaired) electrons. The zero-order valence-electron chi connectivity index (χ0n) is 16.8. The van der Waals surface area contributed by atoms with Crippen LogP contribution in [0, 0.1) is 39.5 Å². The first-order chi connectivity index (χ1) is 13.6. The minimum absolute atomic E-state index is 0.507. The summed E-state index contributed by atoms with van der Waals surface area (Å²) in [4.78, 5) is 0. The van der Waals surface area contributed by atoms with Crippen molar-refractivity contribution < 1.29 is 9.47 Å². The van der Waals surface area contributed by atoms with Crippen molar-refractivity contribution in [3.8, 4) is 23.3 Å². The van der Waals surface area contributed by atoms with Crippen LogP contribution in [0.25, 0.3) is 0 Å². The molecule has 4 rings (SSSR count). The molecule has 0 atom stereocenters. The number of hydrogen-bond donors (Lipinski definition) is 0. The van der Waals surface area contributed by atoms with Crippen molar-refractivity contribution in [2.24, 2.45) is 0 Å². The number of rotatable bonds is 0. The standard InChI is InChI=1S/C26H24O2/c1-17-18(2)20(4)24-16-28-26-12-8-6-10-22(26)14-13-21-9-5-7-11-25(21)27-15-23(24)19(17)3/h5-12H,15-16H2,1-4H3. The quantitative estimate of drug-likeness (QED) is 0.468. The molecule has 0 aromatic heterocycles. The molecule has 0 spiro atoms. The van der Waals surface area contributed by atoms with E-state index in [-0.39, 0.29) is 0 Å². The van der Waals surface area contributed by atoms with Gasteiger partial charge in [0.15, 0.2) is 0 Å². The Balaban J connectivity index is 1.92. The number of para-hydroxylation sites is 2. The Morgan fingerprint density at radius 3 is 1.39 bits per heavy atom. The first-order valence-corrected chi connectivity index (χ1v) is 9.60. The molecule has 0 aliphatic carbocycles. The van der Waals surface area contributed by atoms with Gasteiger partial charge in [-0.2, -0.15) is 0 Å². The third-order valence-electron chi connectivity index (χ3n) is 5.81. The molecule has 0 saturated carbocycles. The van der Waals surface area contributed by atoms with Crippen LogP contribution in [0.5, 0.6) is 11.5 Å². The van der Waals surface area contributed by atoms with Crippen molar-refractivity contribution in [1.29, 1.82) is 0 Å². The molecule has 0 saturated heterocycles. The van der Waals surface area contributed by atoms with Crippen LogP contribution in [-0.2, 0) is 13.2 Å². The monoisotopic (exact) mass is 368 g/mol. The van der Waals surface area contributed by atoms with E-state index >= 15 is 0 Å². The van der Waals surface area contributed by atoms with Gasteiger partial charge < -0.3 is 9.47 Å². The van der Waals surface area contributed by atoms with Crippen LogP contribution in [0.3, 0.4) is 0 Å². The Hall–Kier alpha value is -3.18. The maximum atomic E-state index is 6.25. The minimum Gasteiger partial charge on any atom is -0.488 e. The lowest BCUT2D eigenvalue weighted by Gasteiger charge is -2.22. The molecule has 140 valence electrons. The Morgan fingerprint density at radius 2 is 0.964 bits per heavy atom. The first kappa shape index (κ1) is 18.2. The molecule has 0 fully saturated rings. The van der Waals surface area contributed by atoms with Crippen LogP contribution in [0.4, 0.5) is 0 Å². The van der Waals surface area contributed by atoms with Gasteiger partial charge in [-0.3, -0.25) is 0 Å². The fourth-order valence-corrected chi connectivity index (χ4v) is 3.68. The molecule has 28 heavy (non-hydrogen) atoms. The fourth-order valence-electron chi connectivity index (χ4n) is 3.68. The van der Waals surface area contributed by atoms with E-state index in [2.05, 4.69) is 39.5 Å². The van der Waals surface area contributed by atoms with Gasteiger partial charge in [0.05, 0.1) is 11.1 Å². The Labute approximate surface area is 167 Å². The highest BCUT2D eigenvalue weighted by atomic mass is 16.5. The van der Waals surface area contributed by atoms with Gasteiger partial charge in [0.25, 0.3) is 0 Å². The largest absolute Gasteiger partial charge is 0.488 e. The molecule has 3 aromatic carbocycles. The van der Waals surface area contributed by atoms with Gasteiger partial charge in [0.1, 0.15) is 24.7 Å². The summed E-state index contributed by atoms with van der Waals surface area (Å²) >= 11 is 0. The lowest BCUT2D eigenvalue weighted by atomic mass is 9.89. The Morgan fingerprint density at radius 1 is 0.571 bits per heavy atom. The number of hydrogen-bond acceptors (Lipinski definition) is 2. The topological polar surface area (TPSA) is 18.5 Å². The second-order valence-electron chi connectivity index (χ2n) is 7.28. The van der Waals surface area contributed by atoms with Gasteiger partial charge in [-0.1, -0.05) is 36.1 Å². The van der Waals surface area contributed by atoms with E-state index in [9.17, 15) is 0 Å². The molecular weight excluding hydrogens is 344 g/mol. The summed E-state index contributed by atoms with van der Waals surface area (Å²) in [6.45, 7) is 9.73. The van der Waals surface area contributed by atoms with E-state index in [0.29, 0.717) is 13.2 Å². The molecule has 2 heteroatoms.